The molecule has 1 unspecified atom stereocenters. The van der Waals surface area contributed by atoms with Gasteiger partial charge in [-0.3, -0.25) is 9.59 Å². The molecule has 29 heavy (non-hydrogen) atoms. The van der Waals surface area contributed by atoms with Gasteiger partial charge in [-0.05, 0) is 36.1 Å². The molecule has 146 valence electrons. The number of nitrogens with zero attached hydrogens (tertiary/aromatic N) is 1. The summed E-state index contributed by atoms with van der Waals surface area (Å²) in [6, 6.07) is 15.7. The average molecular weight is 407 g/mol. The van der Waals surface area contributed by atoms with Gasteiger partial charge >= 0.3 is 0 Å². The predicted octanol–water partition coefficient (Wildman–Crippen LogP) is 4.82. The Kier molecular flexibility index (Phi) is 5.03. The Labute approximate surface area is 171 Å². The van der Waals surface area contributed by atoms with Crippen molar-refractivity contribution in [1.82, 2.24) is 4.90 Å². The maximum absolute atomic E-state index is 13.5. The van der Waals surface area contributed by atoms with E-state index in [0.717, 1.165) is 10.4 Å². The second-order valence-corrected chi connectivity index (χ2v) is 7.96. The number of amides is 1. The van der Waals surface area contributed by atoms with E-state index in [9.17, 15) is 19.1 Å². The molecule has 4 rings (SSSR count). The maximum atomic E-state index is 13.5. The van der Waals surface area contributed by atoms with E-state index in [2.05, 4.69) is 0 Å². The smallest absolute Gasteiger partial charge is 0.295 e. The van der Waals surface area contributed by atoms with Crippen molar-refractivity contribution in [2.24, 2.45) is 0 Å². The van der Waals surface area contributed by atoms with E-state index in [1.54, 1.807) is 12.1 Å². The van der Waals surface area contributed by atoms with Crippen LogP contribution >= 0.6 is 11.3 Å². The highest BCUT2D eigenvalue weighted by molar-refractivity contribution is 7.09. The van der Waals surface area contributed by atoms with Gasteiger partial charge in [0.1, 0.15) is 11.6 Å². The Morgan fingerprint density at radius 2 is 1.76 bits per heavy atom. The summed E-state index contributed by atoms with van der Waals surface area (Å²) < 4.78 is 13.5. The van der Waals surface area contributed by atoms with E-state index in [0.29, 0.717) is 11.1 Å². The molecule has 1 amide bonds. The van der Waals surface area contributed by atoms with E-state index in [-0.39, 0.29) is 17.9 Å². The Morgan fingerprint density at radius 3 is 2.38 bits per heavy atom. The largest absolute Gasteiger partial charge is 0.507 e. The highest BCUT2D eigenvalue weighted by Gasteiger charge is 2.46. The van der Waals surface area contributed by atoms with Crippen molar-refractivity contribution < 1.29 is 19.1 Å². The van der Waals surface area contributed by atoms with Gasteiger partial charge in [-0.1, -0.05) is 48.0 Å². The fraction of sp³-hybridized carbons (Fsp3) is 0.130. The lowest BCUT2D eigenvalue weighted by molar-refractivity contribution is -0.140. The fourth-order valence-corrected chi connectivity index (χ4v) is 4.17. The van der Waals surface area contributed by atoms with E-state index in [4.69, 9.17) is 0 Å². The van der Waals surface area contributed by atoms with Gasteiger partial charge in [-0.15, -0.1) is 11.3 Å². The molecular weight excluding hydrogens is 389 g/mol. The monoisotopic (exact) mass is 407 g/mol. The number of halogens is 1. The number of carbonyl (C=O) groups excluding carboxylic acids is 2. The third kappa shape index (κ3) is 3.59. The van der Waals surface area contributed by atoms with Crippen LogP contribution in [-0.4, -0.2) is 21.7 Å². The minimum atomic E-state index is -0.793. The van der Waals surface area contributed by atoms with E-state index in [1.165, 1.54) is 40.5 Å². The van der Waals surface area contributed by atoms with Crippen molar-refractivity contribution in [3.63, 3.8) is 0 Å². The summed E-state index contributed by atoms with van der Waals surface area (Å²) in [5.74, 6) is -2.07. The number of rotatable bonds is 4. The van der Waals surface area contributed by atoms with Crippen LogP contribution in [0.4, 0.5) is 4.39 Å². The first-order chi connectivity index (χ1) is 14.0. The summed E-state index contributed by atoms with van der Waals surface area (Å²) in [6.45, 7) is 2.15. The van der Waals surface area contributed by atoms with Crippen molar-refractivity contribution in [1.29, 1.82) is 0 Å². The highest BCUT2D eigenvalue weighted by Crippen LogP contribution is 2.40. The molecule has 0 bridgehead atoms. The Balaban J connectivity index is 1.86. The first-order valence-corrected chi connectivity index (χ1v) is 9.97. The molecule has 2 heterocycles. The fourth-order valence-electron chi connectivity index (χ4n) is 3.47. The normalized spacial score (nSPS) is 18.4. The van der Waals surface area contributed by atoms with Gasteiger partial charge < -0.3 is 10.0 Å². The number of aliphatic hydroxyl groups excluding tert-OH is 1. The zero-order valence-corrected chi connectivity index (χ0v) is 16.4. The van der Waals surface area contributed by atoms with Crippen molar-refractivity contribution in [2.45, 2.75) is 19.5 Å². The molecule has 1 N–H and O–H groups in total. The molecule has 1 atom stereocenters. The molecular formula is C23H18FNO3S. The van der Waals surface area contributed by atoms with Gasteiger partial charge in [0, 0.05) is 10.4 Å². The lowest BCUT2D eigenvalue weighted by Crippen LogP contribution is -2.28. The summed E-state index contributed by atoms with van der Waals surface area (Å²) in [5.41, 5.74) is 2.05. The van der Waals surface area contributed by atoms with Crippen LogP contribution in [-0.2, 0) is 16.1 Å². The van der Waals surface area contributed by atoms with E-state index < -0.39 is 23.5 Å². The van der Waals surface area contributed by atoms with Crippen LogP contribution in [0.5, 0.6) is 0 Å². The summed E-state index contributed by atoms with van der Waals surface area (Å²) in [6.07, 6.45) is 0. The standard InChI is InChI=1S/C23H18FNO3S/c1-14-4-6-16(7-5-14)21(26)19-20(15-8-10-17(24)11-9-15)25(23(28)22(19)27)13-18-3-2-12-29-18/h2-12,20,26H,13H2,1H3/b21-19-. The van der Waals surface area contributed by atoms with Crippen LogP contribution in [0.1, 0.15) is 27.6 Å². The van der Waals surface area contributed by atoms with Gasteiger partial charge in [-0.25, -0.2) is 4.39 Å². The summed E-state index contributed by atoms with van der Waals surface area (Å²) in [5, 5.41) is 12.8. The number of aliphatic hydroxyl groups is 1. The average Bonchev–Trinajstić information content (AvgIpc) is 3.31. The molecule has 2 aromatic carbocycles. The molecule has 0 saturated carbocycles. The van der Waals surface area contributed by atoms with Crippen LogP contribution in [0.3, 0.4) is 0 Å². The topological polar surface area (TPSA) is 57.6 Å². The summed E-state index contributed by atoms with van der Waals surface area (Å²) >= 11 is 1.48. The van der Waals surface area contributed by atoms with Crippen molar-refractivity contribution in [3.05, 3.63) is 99.0 Å². The van der Waals surface area contributed by atoms with Crippen LogP contribution in [0, 0.1) is 12.7 Å². The maximum Gasteiger partial charge on any atom is 0.295 e. The van der Waals surface area contributed by atoms with Crippen LogP contribution in [0.2, 0.25) is 0 Å². The number of hydrogen-bond acceptors (Lipinski definition) is 4. The molecule has 0 aliphatic carbocycles. The second-order valence-electron chi connectivity index (χ2n) is 6.92. The SMILES string of the molecule is Cc1ccc(/C(O)=C2/C(=O)C(=O)N(Cc3cccs3)C2c2ccc(F)cc2)cc1. The number of Topliss-reactive ketones (excluding diaryl/α,β-unsaturated/α-hetero) is 1. The van der Waals surface area contributed by atoms with Gasteiger partial charge in [0.05, 0.1) is 18.2 Å². The second kappa shape index (κ2) is 7.64. The van der Waals surface area contributed by atoms with Crippen LogP contribution < -0.4 is 0 Å². The number of ketones is 1. The Morgan fingerprint density at radius 1 is 1.07 bits per heavy atom. The zero-order valence-electron chi connectivity index (χ0n) is 15.6. The summed E-state index contributed by atoms with van der Waals surface area (Å²) in [7, 11) is 0. The van der Waals surface area contributed by atoms with E-state index in [1.807, 2.05) is 36.6 Å². The summed E-state index contributed by atoms with van der Waals surface area (Å²) in [4.78, 5) is 28.1. The number of hydrogen-bond donors (Lipinski definition) is 1. The van der Waals surface area contributed by atoms with Gasteiger partial charge in [0.15, 0.2) is 0 Å². The molecule has 1 aliphatic heterocycles. The number of likely N-dealkylation sites (tertiary alicyclic amines) is 1. The lowest BCUT2D eigenvalue weighted by Gasteiger charge is -2.25. The van der Waals surface area contributed by atoms with Crippen molar-refractivity contribution in [3.8, 4) is 0 Å². The molecule has 1 aromatic heterocycles. The first-order valence-electron chi connectivity index (χ1n) is 9.09. The van der Waals surface area contributed by atoms with Crippen molar-refractivity contribution >= 4 is 28.8 Å². The minimum absolute atomic E-state index is 0.0158. The van der Waals surface area contributed by atoms with Crippen molar-refractivity contribution in [2.75, 3.05) is 0 Å². The Hall–Kier alpha value is -3.25. The molecule has 0 radical (unpaired) electrons. The molecule has 1 saturated heterocycles. The molecule has 3 aromatic rings. The number of benzene rings is 2. The zero-order chi connectivity index (χ0) is 20.5. The van der Waals surface area contributed by atoms with Gasteiger partial charge in [-0.2, -0.15) is 0 Å². The predicted molar refractivity (Wildman–Crippen MR) is 110 cm³/mol. The third-order valence-electron chi connectivity index (χ3n) is 4.96. The van der Waals surface area contributed by atoms with E-state index >= 15 is 0 Å². The van der Waals surface area contributed by atoms with Crippen LogP contribution in [0.15, 0.2) is 71.6 Å². The molecule has 0 spiro atoms. The molecule has 1 aliphatic rings. The number of carbonyl (C=O) groups is 2. The van der Waals surface area contributed by atoms with Crippen LogP contribution in [0.25, 0.3) is 5.76 Å². The third-order valence-corrected chi connectivity index (χ3v) is 5.82. The first kappa shape index (κ1) is 19.1. The minimum Gasteiger partial charge on any atom is -0.507 e. The van der Waals surface area contributed by atoms with Gasteiger partial charge in [0.2, 0.25) is 0 Å². The molecule has 6 heteroatoms. The molecule has 4 nitrogen and oxygen atoms in total. The number of aryl methyl sites for hydroxylation is 1. The lowest BCUT2D eigenvalue weighted by atomic mass is 9.95. The quantitative estimate of drug-likeness (QED) is 0.383. The number of thiophene rings is 1. The highest BCUT2D eigenvalue weighted by atomic mass is 32.1. The Bertz CT molecular complexity index is 1090. The molecule has 1 fully saturated rings. The van der Waals surface area contributed by atoms with Gasteiger partial charge in [0.25, 0.3) is 11.7 Å².